The number of nitrogens with one attached hydrogen (secondary N) is 1. The molecule has 0 aliphatic rings. The fourth-order valence-electron chi connectivity index (χ4n) is 1.95. The molecule has 1 heterocycles. The number of aromatic nitrogens is 1. The molecule has 1 aromatic heterocycles. The lowest BCUT2D eigenvalue weighted by atomic mass is 10.2. The van der Waals surface area contributed by atoms with E-state index < -0.39 is 0 Å². The normalized spacial score (nSPS) is 11.6. The van der Waals surface area contributed by atoms with Crippen molar-refractivity contribution in [2.45, 2.75) is 0 Å². The molecule has 3 aromatic rings. The quantitative estimate of drug-likeness (QED) is 0.450. The molecule has 20 heavy (non-hydrogen) atoms. The molecule has 2 aromatic carbocycles. The summed E-state index contributed by atoms with van der Waals surface area (Å²) in [6.07, 6.45) is 3.66. The Labute approximate surface area is 131 Å². The molecule has 0 aliphatic heterocycles. The minimum Gasteiger partial charge on any atom is -0.361 e. The van der Waals surface area contributed by atoms with Crippen molar-refractivity contribution >= 4 is 57.6 Å². The Morgan fingerprint density at radius 3 is 2.55 bits per heavy atom. The Bertz CT molecular complexity index is 806. The van der Waals surface area contributed by atoms with Crippen LogP contribution in [0.1, 0.15) is 5.56 Å². The van der Waals surface area contributed by atoms with Crippen molar-refractivity contribution in [2.24, 2.45) is 4.99 Å². The van der Waals surface area contributed by atoms with Crippen LogP contribution in [0, 0.1) is 0 Å². The van der Waals surface area contributed by atoms with E-state index in [-0.39, 0.29) is 0 Å². The average Bonchev–Trinajstić information content (AvgIpc) is 2.85. The van der Waals surface area contributed by atoms with Crippen molar-refractivity contribution in [3.8, 4) is 0 Å². The molecule has 0 unspecified atom stereocenters. The number of H-pyrrole nitrogens is 1. The van der Waals surface area contributed by atoms with Crippen LogP contribution in [0.5, 0.6) is 0 Å². The zero-order valence-electron chi connectivity index (χ0n) is 10.2. The van der Waals surface area contributed by atoms with Crippen LogP contribution in [0.25, 0.3) is 10.9 Å². The number of fused-ring (bicyclic) bond motifs is 1. The van der Waals surface area contributed by atoms with E-state index in [0.717, 1.165) is 16.5 Å². The molecule has 5 heteroatoms. The molecule has 0 amide bonds. The Kier molecular flexibility index (Phi) is 3.70. The highest BCUT2D eigenvalue weighted by atomic mass is 35.5. The third-order valence-electron chi connectivity index (χ3n) is 2.95. The van der Waals surface area contributed by atoms with E-state index in [4.69, 9.17) is 34.8 Å². The topological polar surface area (TPSA) is 28.1 Å². The van der Waals surface area contributed by atoms with Gasteiger partial charge in [0.05, 0.1) is 20.8 Å². The van der Waals surface area contributed by atoms with Crippen LogP contribution in [0.4, 0.5) is 5.69 Å². The average molecular weight is 324 g/mol. The third kappa shape index (κ3) is 2.55. The highest BCUT2D eigenvalue weighted by Gasteiger charge is 2.05. The van der Waals surface area contributed by atoms with E-state index in [1.807, 2.05) is 30.5 Å². The maximum Gasteiger partial charge on any atom is 0.0831 e. The Balaban J connectivity index is 2.00. The number of hydrogen-bond donors (Lipinski definition) is 1. The van der Waals surface area contributed by atoms with Crippen molar-refractivity contribution in [3.05, 3.63) is 63.2 Å². The van der Waals surface area contributed by atoms with Crippen LogP contribution in [0.15, 0.2) is 47.6 Å². The smallest absolute Gasteiger partial charge is 0.0831 e. The molecule has 3 rings (SSSR count). The van der Waals surface area contributed by atoms with E-state index in [0.29, 0.717) is 20.8 Å². The number of aliphatic imine (C=N–C) groups is 1. The Morgan fingerprint density at radius 2 is 1.70 bits per heavy atom. The van der Waals surface area contributed by atoms with Crippen LogP contribution >= 0.6 is 34.8 Å². The molecule has 0 aliphatic carbocycles. The van der Waals surface area contributed by atoms with Gasteiger partial charge in [-0.15, -0.1) is 0 Å². The number of nitrogens with zero attached hydrogens (tertiary/aromatic N) is 1. The van der Waals surface area contributed by atoms with Gasteiger partial charge in [0.15, 0.2) is 0 Å². The second-order valence-electron chi connectivity index (χ2n) is 4.27. The van der Waals surface area contributed by atoms with Crippen molar-refractivity contribution in [1.82, 2.24) is 4.98 Å². The molecule has 0 bridgehead atoms. The number of rotatable bonds is 2. The van der Waals surface area contributed by atoms with Crippen LogP contribution in [-0.4, -0.2) is 11.2 Å². The van der Waals surface area contributed by atoms with Crippen LogP contribution in [0.2, 0.25) is 15.1 Å². The summed E-state index contributed by atoms with van der Waals surface area (Å²) in [5, 5.41) is 2.42. The summed E-state index contributed by atoms with van der Waals surface area (Å²) in [5.74, 6) is 0. The predicted octanol–water partition coefficient (Wildman–Crippen LogP) is 5.88. The van der Waals surface area contributed by atoms with Crippen LogP contribution in [-0.2, 0) is 0 Å². The molecule has 2 nitrogen and oxygen atoms in total. The number of benzene rings is 2. The van der Waals surface area contributed by atoms with Crippen molar-refractivity contribution in [1.29, 1.82) is 0 Å². The number of aromatic amines is 1. The SMILES string of the molecule is Clc1cc(Cl)c(N=Cc2c[nH]c3ccccc23)cc1Cl. The minimum atomic E-state index is 0.419. The summed E-state index contributed by atoms with van der Waals surface area (Å²) in [5.41, 5.74) is 2.64. The number of halogens is 3. The third-order valence-corrected chi connectivity index (χ3v) is 3.98. The summed E-state index contributed by atoms with van der Waals surface area (Å²) in [7, 11) is 0. The van der Waals surface area contributed by atoms with Crippen LogP contribution in [0.3, 0.4) is 0 Å². The van der Waals surface area contributed by atoms with Crippen LogP contribution < -0.4 is 0 Å². The fraction of sp³-hybridized carbons (Fsp3) is 0. The monoisotopic (exact) mass is 322 g/mol. The van der Waals surface area contributed by atoms with E-state index in [1.54, 1.807) is 18.3 Å². The van der Waals surface area contributed by atoms with Gasteiger partial charge >= 0.3 is 0 Å². The first-order valence-electron chi connectivity index (χ1n) is 5.90. The second kappa shape index (κ2) is 5.49. The van der Waals surface area contributed by atoms with Gasteiger partial charge in [0, 0.05) is 28.9 Å². The van der Waals surface area contributed by atoms with E-state index in [9.17, 15) is 0 Å². The van der Waals surface area contributed by atoms with Crippen molar-refractivity contribution < 1.29 is 0 Å². The first-order valence-corrected chi connectivity index (χ1v) is 7.03. The molecular weight excluding hydrogens is 315 g/mol. The molecular formula is C15H9Cl3N2. The van der Waals surface area contributed by atoms with Gasteiger partial charge in [0.1, 0.15) is 0 Å². The molecule has 0 atom stereocenters. The molecule has 0 radical (unpaired) electrons. The summed E-state index contributed by atoms with van der Waals surface area (Å²) < 4.78 is 0. The molecule has 0 saturated carbocycles. The molecule has 100 valence electrons. The fourth-order valence-corrected chi connectivity index (χ4v) is 2.54. The first-order chi connectivity index (χ1) is 9.65. The highest BCUT2D eigenvalue weighted by Crippen LogP contribution is 2.34. The molecule has 0 fully saturated rings. The predicted molar refractivity (Wildman–Crippen MR) is 87.0 cm³/mol. The zero-order chi connectivity index (χ0) is 14.1. The van der Waals surface area contributed by atoms with Crippen molar-refractivity contribution in [2.75, 3.05) is 0 Å². The van der Waals surface area contributed by atoms with Gasteiger partial charge in [-0.1, -0.05) is 53.0 Å². The van der Waals surface area contributed by atoms with E-state index in [1.165, 1.54) is 0 Å². The largest absolute Gasteiger partial charge is 0.361 e. The van der Waals surface area contributed by atoms with Gasteiger partial charge in [-0.2, -0.15) is 0 Å². The molecule has 0 spiro atoms. The highest BCUT2D eigenvalue weighted by molar-refractivity contribution is 6.44. The lowest BCUT2D eigenvalue weighted by Gasteiger charge is -2.01. The Hall–Kier alpha value is -1.48. The summed E-state index contributed by atoms with van der Waals surface area (Å²) in [6.45, 7) is 0. The van der Waals surface area contributed by atoms with Gasteiger partial charge in [0.25, 0.3) is 0 Å². The lowest BCUT2D eigenvalue weighted by Crippen LogP contribution is -1.78. The van der Waals surface area contributed by atoms with E-state index >= 15 is 0 Å². The maximum atomic E-state index is 6.10. The summed E-state index contributed by atoms with van der Waals surface area (Å²) in [4.78, 5) is 7.57. The Morgan fingerprint density at radius 1 is 0.950 bits per heavy atom. The van der Waals surface area contributed by atoms with Gasteiger partial charge in [-0.25, -0.2) is 0 Å². The number of para-hydroxylation sites is 1. The van der Waals surface area contributed by atoms with Gasteiger partial charge in [0.2, 0.25) is 0 Å². The van der Waals surface area contributed by atoms with E-state index in [2.05, 4.69) is 9.98 Å². The summed E-state index contributed by atoms with van der Waals surface area (Å²) in [6, 6.07) is 11.3. The maximum absolute atomic E-state index is 6.10. The van der Waals surface area contributed by atoms with Gasteiger partial charge in [-0.05, 0) is 18.2 Å². The summed E-state index contributed by atoms with van der Waals surface area (Å²) >= 11 is 18.0. The standard InChI is InChI=1S/C15H9Cl3N2/c16-11-5-13(18)15(6-12(11)17)20-8-9-7-19-14-4-2-1-3-10(9)14/h1-8,19H. The number of hydrogen-bond acceptors (Lipinski definition) is 1. The zero-order valence-corrected chi connectivity index (χ0v) is 12.5. The molecule has 1 N–H and O–H groups in total. The minimum absolute atomic E-state index is 0.419. The van der Waals surface area contributed by atoms with Gasteiger partial charge in [-0.3, -0.25) is 4.99 Å². The van der Waals surface area contributed by atoms with Crippen molar-refractivity contribution in [3.63, 3.8) is 0 Å². The second-order valence-corrected chi connectivity index (χ2v) is 5.49. The lowest BCUT2D eigenvalue weighted by molar-refractivity contribution is 1.47. The molecule has 0 saturated heterocycles. The van der Waals surface area contributed by atoms with Gasteiger partial charge < -0.3 is 4.98 Å². The first kappa shape index (κ1) is 13.5.